The number of amidine groups is 1. The van der Waals surface area contributed by atoms with E-state index in [1.807, 2.05) is 24.3 Å². The molecule has 13 nitrogen and oxygen atoms in total. The lowest BCUT2D eigenvalue weighted by atomic mass is 10.0. The number of nitrogens with zero attached hydrogens (tertiary/aromatic N) is 5. The Morgan fingerprint density at radius 1 is 1.22 bits per heavy atom. The van der Waals surface area contributed by atoms with E-state index in [4.69, 9.17) is 4.74 Å². The molecule has 2 aliphatic rings. The zero-order valence-corrected chi connectivity index (χ0v) is 22.9. The van der Waals surface area contributed by atoms with Crippen molar-refractivity contribution >= 4 is 30.0 Å². The highest BCUT2D eigenvalue weighted by molar-refractivity contribution is 5.89. The fourth-order valence-electron chi connectivity index (χ4n) is 4.80. The van der Waals surface area contributed by atoms with Crippen LogP contribution < -0.4 is 26.3 Å². The summed E-state index contributed by atoms with van der Waals surface area (Å²) >= 11 is 0. The van der Waals surface area contributed by atoms with Gasteiger partial charge < -0.3 is 15.2 Å². The van der Waals surface area contributed by atoms with Crippen molar-refractivity contribution in [3.63, 3.8) is 0 Å². The van der Waals surface area contributed by atoms with E-state index in [9.17, 15) is 14.4 Å². The molecule has 220 valence electrons. The van der Waals surface area contributed by atoms with Gasteiger partial charge >= 0.3 is 6.09 Å². The van der Waals surface area contributed by atoms with Crippen LogP contribution in [0.3, 0.4) is 0 Å². The fraction of sp³-hybridized carbons (Fsp3) is 0.370. The Hall–Kier alpha value is -4.24. The van der Waals surface area contributed by atoms with Crippen LogP contribution in [0.15, 0.2) is 70.9 Å². The smallest absolute Gasteiger partial charge is 0.449 e. The molecular formula is C27H36FN9O4. The summed E-state index contributed by atoms with van der Waals surface area (Å²) < 4.78 is 18.6. The number of hydrogen-bond donors (Lipinski definition) is 5. The van der Waals surface area contributed by atoms with Crippen LogP contribution in [0.2, 0.25) is 0 Å². The largest absolute Gasteiger partial charge is 0.473 e. The van der Waals surface area contributed by atoms with E-state index >= 15 is 0 Å². The maximum atomic E-state index is 12.2. The predicted octanol–water partition coefficient (Wildman–Crippen LogP) is 2.46. The Morgan fingerprint density at radius 2 is 1.98 bits per heavy atom. The number of rotatable bonds is 13. The van der Waals surface area contributed by atoms with Crippen LogP contribution in [0.1, 0.15) is 18.0 Å². The molecule has 1 saturated heterocycles. The van der Waals surface area contributed by atoms with Gasteiger partial charge in [-0.1, -0.05) is 36.4 Å². The van der Waals surface area contributed by atoms with Crippen molar-refractivity contribution in [3.8, 4) is 5.75 Å². The highest BCUT2D eigenvalue weighted by Gasteiger charge is 2.34. The highest BCUT2D eigenvalue weighted by atomic mass is 19.3. The Balaban J connectivity index is 1.48. The number of piperazine rings is 1. The molecule has 0 aliphatic carbocycles. The number of anilines is 2. The van der Waals surface area contributed by atoms with E-state index in [1.165, 1.54) is 0 Å². The monoisotopic (exact) mass is 569 g/mol. The molecule has 0 radical (unpaired) electrons. The number of ether oxygens (including phenoxy) is 1. The number of aliphatic hydroxyl groups is 1. The minimum absolute atomic E-state index is 0.00660. The van der Waals surface area contributed by atoms with Gasteiger partial charge in [-0.3, -0.25) is 25.5 Å². The van der Waals surface area contributed by atoms with Gasteiger partial charge in [0.25, 0.3) is 0 Å². The Kier molecular flexibility index (Phi) is 10.8. The molecule has 4 rings (SSSR count). The third-order valence-electron chi connectivity index (χ3n) is 6.74. The molecule has 2 aliphatic heterocycles. The molecule has 0 saturated carbocycles. The third-order valence-corrected chi connectivity index (χ3v) is 6.74. The summed E-state index contributed by atoms with van der Waals surface area (Å²) in [5.74, 6) is 1.33. The molecular weight excluding hydrogens is 533 g/mol. The van der Waals surface area contributed by atoms with Gasteiger partial charge in [-0.15, -0.1) is 10.2 Å². The Bertz CT molecular complexity index is 1210. The number of hydrogen-bond acceptors (Lipinski definition) is 12. The molecule has 1 amide bonds. The zero-order valence-electron chi connectivity index (χ0n) is 22.9. The lowest BCUT2D eigenvalue weighted by molar-refractivity contribution is -0.0544. The summed E-state index contributed by atoms with van der Waals surface area (Å²) in [5, 5.41) is 20.8. The van der Waals surface area contributed by atoms with Gasteiger partial charge in [-0.25, -0.2) is 15.3 Å². The Morgan fingerprint density at radius 3 is 2.66 bits per heavy atom. The summed E-state index contributed by atoms with van der Waals surface area (Å²) in [5.41, 5.74) is 8.27. The maximum Gasteiger partial charge on any atom is 0.449 e. The van der Waals surface area contributed by atoms with Crippen molar-refractivity contribution in [1.82, 2.24) is 25.9 Å². The summed E-state index contributed by atoms with van der Waals surface area (Å²) in [4.78, 5) is 22.9. The number of hydrazone groups is 1. The molecule has 1 unspecified atom stereocenters. The molecule has 0 aromatic heterocycles. The first-order valence-electron chi connectivity index (χ1n) is 13.3. The fourth-order valence-corrected chi connectivity index (χ4v) is 4.80. The van der Waals surface area contributed by atoms with Gasteiger partial charge in [-0.05, 0) is 30.5 Å². The zero-order chi connectivity index (χ0) is 29.0. The minimum Gasteiger partial charge on any atom is -0.473 e. The van der Waals surface area contributed by atoms with Crippen LogP contribution in [0.4, 0.5) is 20.7 Å². The summed E-state index contributed by atoms with van der Waals surface area (Å²) in [6.45, 7) is 6.84. The average molecular weight is 570 g/mol. The molecule has 2 heterocycles. The first-order chi connectivity index (χ1) is 20.1. The van der Waals surface area contributed by atoms with E-state index in [-0.39, 0.29) is 18.9 Å². The van der Waals surface area contributed by atoms with Gasteiger partial charge in [0.15, 0.2) is 12.1 Å². The van der Waals surface area contributed by atoms with Crippen molar-refractivity contribution < 1.29 is 24.1 Å². The number of hydrazine groups is 2. The normalized spacial score (nSPS) is 17.7. The molecule has 14 heteroatoms. The van der Waals surface area contributed by atoms with E-state index in [2.05, 4.69) is 65.3 Å². The standard InChI is InChI=1S/C27H36FN9O4/c1-29-12-6-9-24(40-23-11-10-21(19-22(23)30-2)31-27(39)41-28)35-13-15-36(16-14-35)25(20-7-4-3-5-8-20)26-32-34-37(33-26)17-18-38/h3-8,10-12,19,24-25,30,34,38H,1,9,13-18H2,2H3,(H,31,39)(H,32,33)/b12-6-/t24?,25-/m1/s1. The van der Waals surface area contributed by atoms with Crippen LogP contribution in [0, 0.1) is 0 Å². The number of carbonyl (C=O) groups is 1. The van der Waals surface area contributed by atoms with E-state index in [0.717, 1.165) is 37.6 Å². The van der Waals surface area contributed by atoms with Gasteiger partial charge in [0.2, 0.25) is 0 Å². The second-order valence-corrected chi connectivity index (χ2v) is 9.30. The molecule has 0 spiro atoms. The van der Waals surface area contributed by atoms with Crippen molar-refractivity contribution in [1.29, 1.82) is 0 Å². The van der Waals surface area contributed by atoms with E-state index < -0.39 is 6.09 Å². The molecule has 1 fully saturated rings. The number of amides is 1. The van der Waals surface area contributed by atoms with Gasteiger partial charge in [0.05, 0.1) is 24.9 Å². The molecule has 2 aromatic rings. The van der Waals surface area contributed by atoms with Gasteiger partial charge in [0.1, 0.15) is 5.75 Å². The second kappa shape index (κ2) is 14.9. The van der Waals surface area contributed by atoms with Crippen molar-refractivity contribution in [3.05, 3.63) is 66.4 Å². The quantitative estimate of drug-likeness (QED) is 0.229. The number of halogens is 1. The maximum absolute atomic E-state index is 12.2. The second-order valence-electron chi connectivity index (χ2n) is 9.30. The van der Waals surface area contributed by atoms with Gasteiger partial charge in [0, 0.05) is 56.1 Å². The first kappa shape index (κ1) is 29.7. The lowest BCUT2D eigenvalue weighted by Gasteiger charge is -2.42. The van der Waals surface area contributed by atoms with Crippen LogP contribution in [-0.4, -0.2) is 91.3 Å². The first-order valence-corrected chi connectivity index (χ1v) is 13.3. The number of benzene rings is 2. The summed E-state index contributed by atoms with van der Waals surface area (Å²) in [6, 6.07) is 15.0. The third kappa shape index (κ3) is 7.91. The topological polar surface area (TPSA) is 138 Å². The SMILES string of the molecule is C=N/C=C\CC(Oc1ccc(NC(=O)OF)cc1NC)N1CCN([C@@H](C2=NNN(CCO)N2)c2ccccc2)CC1. The summed E-state index contributed by atoms with van der Waals surface area (Å²) in [7, 11) is 1.73. The minimum atomic E-state index is -1.21. The molecule has 0 bridgehead atoms. The van der Waals surface area contributed by atoms with Gasteiger partial charge in [-0.2, -0.15) is 0 Å². The lowest BCUT2D eigenvalue weighted by Crippen LogP contribution is -2.55. The molecule has 2 aromatic carbocycles. The number of nitrogens with one attached hydrogen (secondary N) is 4. The van der Waals surface area contributed by atoms with Crippen LogP contribution in [0.25, 0.3) is 0 Å². The van der Waals surface area contributed by atoms with E-state index in [0.29, 0.717) is 30.1 Å². The number of aliphatic hydroxyl groups excluding tert-OH is 1. The number of β-amino-alcohol motifs (C(OH)–C–C–N with tert-alkyl or cyclic N) is 1. The van der Waals surface area contributed by atoms with Crippen molar-refractivity contribution in [2.45, 2.75) is 18.7 Å². The predicted molar refractivity (Wildman–Crippen MR) is 155 cm³/mol. The summed E-state index contributed by atoms with van der Waals surface area (Å²) in [6.07, 6.45) is 2.59. The van der Waals surface area contributed by atoms with Crippen molar-refractivity contribution in [2.75, 3.05) is 57.0 Å². The molecule has 5 N–H and O–H groups in total. The Labute approximate surface area is 238 Å². The molecule has 2 atom stereocenters. The average Bonchev–Trinajstić information content (AvgIpc) is 3.46. The van der Waals surface area contributed by atoms with Crippen molar-refractivity contribution in [2.24, 2.45) is 10.1 Å². The van der Waals surface area contributed by atoms with Crippen LogP contribution >= 0.6 is 0 Å². The number of carbonyl (C=O) groups excluding carboxylic acids is 1. The van der Waals surface area contributed by atoms with Crippen LogP contribution in [0.5, 0.6) is 5.75 Å². The van der Waals surface area contributed by atoms with Crippen LogP contribution in [-0.2, 0) is 4.94 Å². The van der Waals surface area contributed by atoms with E-state index in [1.54, 1.807) is 36.6 Å². The number of aliphatic imine (C=N–C) groups is 1. The molecule has 41 heavy (non-hydrogen) atoms. The highest BCUT2D eigenvalue weighted by Crippen LogP contribution is 2.31.